The van der Waals surface area contributed by atoms with Crippen LogP contribution in [-0.4, -0.2) is 30.9 Å². The van der Waals surface area contributed by atoms with Crippen molar-refractivity contribution in [2.24, 2.45) is 0 Å². The van der Waals surface area contributed by atoms with Gasteiger partial charge in [-0.3, -0.25) is 4.79 Å². The van der Waals surface area contributed by atoms with Crippen LogP contribution in [0.25, 0.3) is 0 Å². The lowest BCUT2D eigenvalue weighted by atomic mass is 10.1. The first-order chi connectivity index (χ1) is 11.6. The molecule has 0 aliphatic carbocycles. The van der Waals surface area contributed by atoms with E-state index in [-0.39, 0.29) is 5.78 Å². The van der Waals surface area contributed by atoms with Gasteiger partial charge in [0.25, 0.3) is 0 Å². The number of nitrogens with zero attached hydrogens (tertiary/aromatic N) is 1. The normalized spacial score (nSPS) is 10.8. The van der Waals surface area contributed by atoms with E-state index in [9.17, 15) is 4.79 Å². The van der Waals surface area contributed by atoms with Crippen molar-refractivity contribution in [3.05, 3.63) is 59.7 Å². The van der Waals surface area contributed by atoms with Crippen molar-refractivity contribution < 1.29 is 9.53 Å². The molecule has 0 aliphatic rings. The number of carbonyl (C=O) groups excluding carboxylic acids is 1. The minimum Gasteiger partial charge on any atom is -0.491 e. The van der Waals surface area contributed by atoms with Gasteiger partial charge in [-0.2, -0.15) is 0 Å². The first-order valence-electron chi connectivity index (χ1n) is 8.38. The molecule has 0 saturated carbocycles. The zero-order chi connectivity index (χ0) is 17.4. The highest BCUT2D eigenvalue weighted by atomic mass is 16.5. The predicted molar refractivity (Wildman–Crippen MR) is 98.4 cm³/mol. The molecule has 0 radical (unpaired) electrons. The minimum absolute atomic E-state index is 0.101. The van der Waals surface area contributed by atoms with E-state index >= 15 is 0 Å². The molecule has 2 rings (SSSR count). The van der Waals surface area contributed by atoms with E-state index in [1.54, 1.807) is 18.2 Å². The number of Topliss-reactive ketones (excluding diaryl/α,β-unsaturated/α-hetero) is 1. The van der Waals surface area contributed by atoms with Gasteiger partial charge in [0.1, 0.15) is 5.75 Å². The van der Waals surface area contributed by atoms with E-state index in [4.69, 9.17) is 10.5 Å². The molecule has 2 aromatic rings. The summed E-state index contributed by atoms with van der Waals surface area (Å²) >= 11 is 0. The fraction of sp³-hybridized carbons (Fsp3) is 0.350. The summed E-state index contributed by atoms with van der Waals surface area (Å²) in [6, 6.07) is 15.5. The second kappa shape index (κ2) is 9.08. The fourth-order valence-electron chi connectivity index (χ4n) is 2.48. The van der Waals surface area contributed by atoms with Crippen LogP contribution in [0.5, 0.6) is 5.75 Å². The molecule has 24 heavy (non-hydrogen) atoms. The number of carbonyl (C=O) groups is 1. The summed E-state index contributed by atoms with van der Waals surface area (Å²) in [5.41, 5.74) is 8.38. The van der Waals surface area contributed by atoms with Gasteiger partial charge in [-0.25, -0.2) is 0 Å². The molecule has 0 aromatic heterocycles. The highest BCUT2D eigenvalue weighted by Crippen LogP contribution is 2.23. The van der Waals surface area contributed by atoms with Gasteiger partial charge in [0.2, 0.25) is 0 Å². The lowest BCUT2D eigenvalue weighted by Gasteiger charge is -2.16. The van der Waals surface area contributed by atoms with Gasteiger partial charge >= 0.3 is 0 Å². The van der Waals surface area contributed by atoms with Gasteiger partial charge in [-0.05, 0) is 37.2 Å². The molecule has 0 heterocycles. The smallest absolute Gasteiger partial charge is 0.164 e. The van der Waals surface area contributed by atoms with Gasteiger partial charge in [0, 0.05) is 25.1 Å². The summed E-state index contributed by atoms with van der Waals surface area (Å²) in [5, 5.41) is 0. The van der Waals surface area contributed by atoms with Crippen LogP contribution in [0, 0.1) is 0 Å². The molecule has 0 unspecified atom stereocenters. The monoisotopic (exact) mass is 326 g/mol. The van der Waals surface area contributed by atoms with Crippen molar-refractivity contribution in [1.82, 2.24) is 4.90 Å². The number of nitrogens with two attached hydrogens (primary N) is 1. The van der Waals surface area contributed by atoms with Crippen LogP contribution in [-0.2, 0) is 6.54 Å². The van der Waals surface area contributed by atoms with Gasteiger partial charge in [-0.15, -0.1) is 0 Å². The van der Waals surface area contributed by atoms with Crippen LogP contribution in [0.4, 0.5) is 5.69 Å². The van der Waals surface area contributed by atoms with Gasteiger partial charge in [-0.1, -0.05) is 37.3 Å². The van der Waals surface area contributed by atoms with E-state index in [1.165, 1.54) is 5.56 Å². The van der Waals surface area contributed by atoms with Crippen LogP contribution >= 0.6 is 0 Å². The number of hydrogen-bond acceptors (Lipinski definition) is 4. The Morgan fingerprint density at radius 3 is 2.58 bits per heavy atom. The number of anilines is 1. The Labute approximate surface area is 144 Å². The van der Waals surface area contributed by atoms with Gasteiger partial charge < -0.3 is 15.4 Å². The molecule has 2 N–H and O–H groups in total. The highest BCUT2D eigenvalue weighted by Gasteiger charge is 2.10. The van der Waals surface area contributed by atoms with Crippen LogP contribution in [0.15, 0.2) is 48.5 Å². The topological polar surface area (TPSA) is 55.6 Å². The third kappa shape index (κ3) is 5.39. The predicted octanol–water partition coefficient (Wildman–Crippen LogP) is 3.76. The summed E-state index contributed by atoms with van der Waals surface area (Å²) in [5.74, 6) is 0.748. The maximum atomic E-state index is 12.4. The summed E-state index contributed by atoms with van der Waals surface area (Å²) in [6.45, 7) is 4.21. The minimum atomic E-state index is 0.101. The molecule has 0 atom stereocenters. The van der Waals surface area contributed by atoms with Gasteiger partial charge in [0.15, 0.2) is 5.78 Å². The zero-order valence-corrected chi connectivity index (χ0v) is 14.5. The SMILES string of the molecule is CCCOc1ccc(C(=O)CCN(C)Cc2ccccc2)cc1N. The lowest BCUT2D eigenvalue weighted by Crippen LogP contribution is -2.21. The van der Waals surface area contributed by atoms with Crippen molar-refractivity contribution in [2.45, 2.75) is 26.3 Å². The molecule has 4 heteroatoms. The standard InChI is InChI=1S/C20H26N2O2/c1-3-13-24-20-10-9-17(14-18(20)21)19(23)11-12-22(2)15-16-7-5-4-6-8-16/h4-10,14H,3,11-13,15,21H2,1-2H3. The van der Waals surface area contributed by atoms with Gasteiger partial charge in [0.05, 0.1) is 12.3 Å². The second-order valence-corrected chi connectivity index (χ2v) is 6.00. The molecule has 0 bridgehead atoms. The quantitative estimate of drug-likeness (QED) is 0.563. The van der Waals surface area contributed by atoms with Crippen molar-refractivity contribution >= 4 is 11.5 Å². The number of hydrogen-bond donors (Lipinski definition) is 1. The second-order valence-electron chi connectivity index (χ2n) is 6.00. The lowest BCUT2D eigenvalue weighted by molar-refractivity contribution is 0.0968. The maximum absolute atomic E-state index is 12.4. The Kier molecular flexibility index (Phi) is 6.82. The fourth-order valence-corrected chi connectivity index (χ4v) is 2.48. The van der Waals surface area contributed by atoms with Crippen LogP contribution in [0.1, 0.15) is 35.7 Å². The van der Waals surface area contributed by atoms with E-state index in [2.05, 4.69) is 17.0 Å². The molecular formula is C20H26N2O2. The Morgan fingerprint density at radius 1 is 1.17 bits per heavy atom. The van der Waals surface area contributed by atoms with E-state index in [1.807, 2.05) is 32.2 Å². The first-order valence-corrected chi connectivity index (χ1v) is 8.38. The molecular weight excluding hydrogens is 300 g/mol. The largest absolute Gasteiger partial charge is 0.491 e. The van der Waals surface area contributed by atoms with Crippen molar-refractivity contribution in [3.8, 4) is 5.75 Å². The Balaban J connectivity index is 1.86. The Bertz CT molecular complexity index is 656. The third-order valence-electron chi connectivity index (χ3n) is 3.81. The van der Waals surface area contributed by atoms with Crippen molar-refractivity contribution in [1.29, 1.82) is 0 Å². The van der Waals surface area contributed by atoms with E-state index < -0.39 is 0 Å². The highest BCUT2D eigenvalue weighted by molar-refractivity contribution is 5.97. The van der Waals surface area contributed by atoms with Crippen LogP contribution in [0.2, 0.25) is 0 Å². The maximum Gasteiger partial charge on any atom is 0.164 e. The number of ether oxygens (including phenoxy) is 1. The number of benzene rings is 2. The summed E-state index contributed by atoms with van der Waals surface area (Å²) < 4.78 is 5.54. The number of rotatable bonds is 9. The zero-order valence-electron chi connectivity index (χ0n) is 14.5. The molecule has 0 aliphatic heterocycles. The molecule has 0 amide bonds. The van der Waals surface area contributed by atoms with E-state index in [0.717, 1.165) is 13.0 Å². The average Bonchev–Trinajstić information content (AvgIpc) is 2.59. The molecule has 2 aromatic carbocycles. The molecule has 0 fully saturated rings. The molecule has 0 saturated heterocycles. The molecule has 0 spiro atoms. The van der Waals surface area contributed by atoms with Crippen molar-refractivity contribution in [2.75, 3.05) is 25.9 Å². The summed E-state index contributed by atoms with van der Waals surface area (Å²) in [7, 11) is 2.02. The van der Waals surface area contributed by atoms with E-state index in [0.29, 0.717) is 36.6 Å². The van der Waals surface area contributed by atoms with Crippen LogP contribution < -0.4 is 10.5 Å². The number of nitrogen functional groups attached to an aromatic ring is 1. The van der Waals surface area contributed by atoms with Crippen molar-refractivity contribution in [3.63, 3.8) is 0 Å². The number of ketones is 1. The van der Waals surface area contributed by atoms with Crippen LogP contribution in [0.3, 0.4) is 0 Å². The summed E-state index contributed by atoms with van der Waals surface area (Å²) in [4.78, 5) is 14.5. The summed E-state index contributed by atoms with van der Waals surface area (Å²) in [6.07, 6.45) is 1.39. The Morgan fingerprint density at radius 2 is 1.92 bits per heavy atom. The molecule has 128 valence electrons. The third-order valence-corrected chi connectivity index (χ3v) is 3.81. The average molecular weight is 326 g/mol. The molecule has 4 nitrogen and oxygen atoms in total. The Hall–Kier alpha value is -2.33. The first kappa shape index (κ1) is 18.0.